The van der Waals surface area contributed by atoms with Gasteiger partial charge in [0.2, 0.25) is 0 Å². The Labute approximate surface area is 171 Å². The van der Waals surface area contributed by atoms with E-state index in [-0.39, 0.29) is 11.8 Å². The Morgan fingerprint density at radius 1 is 0.929 bits per heavy atom. The van der Waals surface area contributed by atoms with Crippen LogP contribution in [0.5, 0.6) is 0 Å². The molecule has 0 saturated carbocycles. The molecule has 2 aliphatic rings. The van der Waals surface area contributed by atoms with Crippen LogP contribution < -0.4 is 10.2 Å². The number of amides is 2. The highest BCUT2D eigenvalue weighted by molar-refractivity contribution is 8.27. The predicted molar refractivity (Wildman–Crippen MR) is 117 cm³/mol. The van der Waals surface area contributed by atoms with Crippen LogP contribution in [-0.2, 0) is 16.1 Å². The van der Waals surface area contributed by atoms with Crippen molar-refractivity contribution in [2.45, 2.75) is 6.54 Å². The van der Waals surface area contributed by atoms with Gasteiger partial charge in [0.25, 0.3) is 11.8 Å². The lowest BCUT2D eigenvalue weighted by molar-refractivity contribution is -0.116. The Morgan fingerprint density at radius 3 is 2.50 bits per heavy atom. The minimum atomic E-state index is -0.305. The van der Waals surface area contributed by atoms with Gasteiger partial charge in [-0.1, -0.05) is 84.6 Å². The molecule has 4 nitrogen and oxygen atoms in total. The number of carbonyl (C=O) groups is 2. The third-order valence-corrected chi connectivity index (χ3v) is 6.21. The van der Waals surface area contributed by atoms with Gasteiger partial charge in [-0.3, -0.25) is 9.59 Å². The van der Waals surface area contributed by atoms with E-state index in [1.54, 1.807) is 4.90 Å². The maximum absolute atomic E-state index is 13.4. The second-order valence-corrected chi connectivity index (χ2v) is 8.28. The van der Waals surface area contributed by atoms with Crippen LogP contribution in [0.2, 0.25) is 0 Å². The standard InChI is InChI=1S/C22H14N2O2S2/c25-20-19(28-22(27)23-20)18-16-10-3-4-11-17(16)24(21(18)26)12-14-8-5-7-13-6-1-2-9-15(13)14/h1-11H,12H2,(H,23,25,27)/b19-18-. The molecule has 0 radical (unpaired) electrons. The minimum absolute atomic E-state index is 0.170. The fourth-order valence-electron chi connectivity index (χ4n) is 3.74. The van der Waals surface area contributed by atoms with Crippen molar-refractivity contribution < 1.29 is 9.59 Å². The van der Waals surface area contributed by atoms with E-state index in [2.05, 4.69) is 23.5 Å². The first-order valence-corrected chi connectivity index (χ1v) is 10.0. The molecule has 5 rings (SSSR count). The van der Waals surface area contributed by atoms with Crippen molar-refractivity contribution in [3.63, 3.8) is 0 Å². The number of hydrogen-bond donors (Lipinski definition) is 1. The summed E-state index contributed by atoms with van der Waals surface area (Å²) in [5, 5.41) is 4.86. The van der Waals surface area contributed by atoms with Crippen molar-refractivity contribution >= 4 is 62.1 Å². The van der Waals surface area contributed by atoms with Gasteiger partial charge >= 0.3 is 0 Å². The molecule has 2 aliphatic heterocycles. The topological polar surface area (TPSA) is 49.4 Å². The predicted octanol–water partition coefficient (Wildman–Crippen LogP) is 4.25. The molecule has 3 aromatic rings. The van der Waals surface area contributed by atoms with Crippen LogP contribution in [0.3, 0.4) is 0 Å². The number of thioether (sulfide) groups is 1. The molecule has 2 heterocycles. The number of fused-ring (bicyclic) bond motifs is 2. The highest BCUT2D eigenvalue weighted by Crippen LogP contribution is 2.43. The fraction of sp³-hybridized carbons (Fsp3) is 0.0455. The molecular weight excluding hydrogens is 388 g/mol. The first-order valence-electron chi connectivity index (χ1n) is 8.79. The molecule has 0 unspecified atom stereocenters. The zero-order valence-electron chi connectivity index (χ0n) is 14.6. The van der Waals surface area contributed by atoms with E-state index in [1.165, 1.54) is 0 Å². The van der Waals surface area contributed by atoms with Gasteiger partial charge in [0.15, 0.2) is 0 Å². The molecule has 136 valence electrons. The maximum Gasteiger partial charge on any atom is 0.264 e. The second kappa shape index (κ2) is 6.58. The molecule has 3 aromatic carbocycles. The molecule has 0 aliphatic carbocycles. The quantitative estimate of drug-likeness (QED) is 0.514. The van der Waals surface area contributed by atoms with Gasteiger partial charge in [-0.2, -0.15) is 0 Å². The molecule has 0 bridgehead atoms. The molecular formula is C22H14N2O2S2. The monoisotopic (exact) mass is 402 g/mol. The number of nitrogens with zero attached hydrogens (tertiary/aromatic N) is 1. The summed E-state index contributed by atoms with van der Waals surface area (Å²) >= 11 is 6.26. The van der Waals surface area contributed by atoms with E-state index in [0.29, 0.717) is 21.3 Å². The molecule has 2 amide bonds. The molecule has 0 aromatic heterocycles. The third kappa shape index (κ3) is 2.65. The summed E-state index contributed by atoms with van der Waals surface area (Å²) in [6, 6.07) is 21.8. The second-order valence-electron chi connectivity index (χ2n) is 6.59. The van der Waals surface area contributed by atoms with E-state index in [4.69, 9.17) is 12.2 Å². The summed E-state index contributed by atoms with van der Waals surface area (Å²) in [4.78, 5) is 27.8. The minimum Gasteiger partial charge on any atom is -0.307 e. The Hall–Kier alpha value is -2.96. The number of benzene rings is 3. The maximum atomic E-state index is 13.4. The smallest absolute Gasteiger partial charge is 0.264 e. The zero-order chi connectivity index (χ0) is 19.3. The average molecular weight is 403 g/mol. The van der Waals surface area contributed by atoms with E-state index >= 15 is 0 Å². The van der Waals surface area contributed by atoms with Crippen molar-refractivity contribution in [1.29, 1.82) is 0 Å². The third-order valence-electron chi connectivity index (χ3n) is 4.98. The number of hydrogen-bond acceptors (Lipinski definition) is 4. The van der Waals surface area contributed by atoms with E-state index < -0.39 is 0 Å². The highest BCUT2D eigenvalue weighted by Gasteiger charge is 2.38. The SMILES string of the molecule is O=C1NC(=S)S/C1=C1\C(=O)N(Cc2cccc3ccccc23)c2ccccc21. The molecule has 6 heteroatoms. The van der Waals surface area contributed by atoms with Crippen LogP contribution in [0.4, 0.5) is 5.69 Å². The lowest BCUT2D eigenvalue weighted by atomic mass is 10.0. The van der Waals surface area contributed by atoms with Crippen molar-refractivity contribution in [2.75, 3.05) is 4.90 Å². The van der Waals surface area contributed by atoms with Crippen LogP contribution >= 0.6 is 24.0 Å². The van der Waals surface area contributed by atoms with Gasteiger partial charge in [0.05, 0.1) is 22.7 Å². The zero-order valence-corrected chi connectivity index (χ0v) is 16.3. The van der Waals surface area contributed by atoms with Crippen molar-refractivity contribution in [3.8, 4) is 0 Å². The Balaban J connectivity index is 1.63. The number of rotatable bonds is 2. The molecule has 0 spiro atoms. The Kier molecular flexibility index (Phi) is 4.03. The van der Waals surface area contributed by atoms with Gasteiger partial charge in [-0.25, -0.2) is 0 Å². The van der Waals surface area contributed by atoms with E-state index in [9.17, 15) is 9.59 Å². The van der Waals surface area contributed by atoms with Gasteiger partial charge < -0.3 is 10.2 Å². The van der Waals surface area contributed by atoms with Gasteiger partial charge in [0, 0.05) is 5.56 Å². The van der Waals surface area contributed by atoms with Gasteiger partial charge in [-0.15, -0.1) is 0 Å². The average Bonchev–Trinajstić information content (AvgIpc) is 3.17. The lowest BCUT2D eigenvalue weighted by Gasteiger charge is -2.18. The summed E-state index contributed by atoms with van der Waals surface area (Å²) in [6.45, 7) is 0.435. The number of thiocarbonyl (C=S) groups is 1. The van der Waals surface area contributed by atoms with E-state index in [1.807, 2.05) is 48.5 Å². The summed E-state index contributed by atoms with van der Waals surface area (Å²) in [6.07, 6.45) is 0. The summed E-state index contributed by atoms with van der Waals surface area (Å²) in [5.41, 5.74) is 3.08. The van der Waals surface area contributed by atoms with Crippen molar-refractivity contribution in [1.82, 2.24) is 5.32 Å². The Morgan fingerprint density at radius 2 is 1.68 bits per heavy atom. The fourth-order valence-corrected chi connectivity index (χ4v) is 4.85. The van der Waals surface area contributed by atoms with Crippen LogP contribution in [0.1, 0.15) is 11.1 Å². The normalized spacial score (nSPS) is 18.7. The number of nitrogens with one attached hydrogen (secondary N) is 1. The number of carbonyl (C=O) groups excluding carboxylic acids is 2. The largest absolute Gasteiger partial charge is 0.307 e. The van der Waals surface area contributed by atoms with Crippen LogP contribution in [-0.4, -0.2) is 16.1 Å². The molecule has 28 heavy (non-hydrogen) atoms. The van der Waals surface area contributed by atoms with Gasteiger partial charge in [0.1, 0.15) is 4.32 Å². The van der Waals surface area contributed by atoms with Crippen molar-refractivity contribution in [3.05, 3.63) is 82.8 Å². The number of anilines is 1. The Bertz CT molecular complexity index is 1210. The first-order chi connectivity index (χ1) is 13.6. The van der Waals surface area contributed by atoms with Crippen molar-refractivity contribution in [2.24, 2.45) is 0 Å². The molecule has 0 atom stereocenters. The van der Waals surface area contributed by atoms with Crippen LogP contribution in [0.15, 0.2) is 71.6 Å². The molecule has 1 N–H and O–H groups in total. The summed E-state index contributed by atoms with van der Waals surface area (Å²) < 4.78 is 0.380. The van der Waals surface area contributed by atoms with Crippen LogP contribution in [0, 0.1) is 0 Å². The lowest BCUT2D eigenvalue weighted by Crippen LogP contribution is -2.26. The summed E-state index contributed by atoms with van der Waals surface area (Å²) in [7, 11) is 0. The highest BCUT2D eigenvalue weighted by atomic mass is 32.2. The summed E-state index contributed by atoms with van der Waals surface area (Å²) in [5.74, 6) is -0.475. The first kappa shape index (κ1) is 17.2. The van der Waals surface area contributed by atoms with Gasteiger partial charge in [-0.05, 0) is 22.4 Å². The van der Waals surface area contributed by atoms with Crippen LogP contribution in [0.25, 0.3) is 16.3 Å². The molecule has 1 fully saturated rings. The molecule has 1 saturated heterocycles. The number of para-hydroxylation sites is 1. The van der Waals surface area contributed by atoms with E-state index in [0.717, 1.165) is 39.3 Å².